The third-order valence-electron chi connectivity index (χ3n) is 8.08. The van der Waals surface area contributed by atoms with Crippen molar-refractivity contribution in [1.29, 1.82) is 0 Å². The Morgan fingerprint density at radius 1 is 1.00 bits per heavy atom. The van der Waals surface area contributed by atoms with Gasteiger partial charge in [-0.3, -0.25) is 19.2 Å². The summed E-state index contributed by atoms with van der Waals surface area (Å²) in [6.45, 7) is 1.77. The van der Waals surface area contributed by atoms with Gasteiger partial charge in [0, 0.05) is 37.7 Å². The van der Waals surface area contributed by atoms with Crippen LogP contribution >= 0.6 is 0 Å². The highest BCUT2D eigenvalue weighted by molar-refractivity contribution is 5.95. The molecular weight excluding hydrogens is 540 g/mol. The molecule has 2 saturated heterocycles. The summed E-state index contributed by atoms with van der Waals surface area (Å²) >= 11 is 0. The minimum Gasteiger partial charge on any atom is -0.493 e. The van der Waals surface area contributed by atoms with Gasteiger partial charge in [-0.05, 0) is 61.4 Å². The molecule has 42 heavy (non-hydrogen) atoms. The zero-order valence-electron chi connectivity index (χ0n) is 23.5. The molecule has 11 heteroatoms. The molecule has 0 radical (unpaired) electrons. The van der Waals surface area contributed by atoms with Gasteiger partial charge in [-0.1, -0.05) is 12.1 Å². The van der Waals surface area contributed by atoms with E-state index in [0.717, 1.165) is 31.2 Å². The first kappa shape index (κ1) is 27.9. The lowest BCUT2D eigenvalue weighted by Gasteiger charge is -2.28. The Labute approximate surface area is 244 Å². The van der Waals surface area contributed by atoms with Crippen LogP contribution in [-0.2, 0) is 20.9 Å². The van der Waals surface area contributed by atoms with Gasteiger partial charge in [0.1, 0.15) is 23.4 Å². The lowest BCUT2D eigenvalue weighted by molar-refractivity contribution is -0.141. The molecule has 4 bridgehead atoms. The molecule has 2 aromatic carbocycles. The fraction of sp³-hybridized carbons (Fsp3) is 0.484. The first-order valence-electron chi connectivity index (χ1n) is 14.7. The number of hydrogen-bond donors (Lipinski definition) is 2. The van der Waals surface area contributed by atoms with E-state index in [0.29, 0.717) is 54.8 Å². The van der Waals surface area contributed by atoms with E-state index in [1.165, 1.54) is 0 Å². The fourth-order valence-electron chi connectivity index (χ4n) is 5.41. The molecule has 2 N–H and O–H groups in total. The number of amides is 4. The second kappa shape index (κ2) is 12.3. The Bertz CT molecular complexity index is 1340. The van der Waals surface area contributed by atoms with Crippen LogP contribution in [0.15, 0.2) is 42.5 Å². The maximum Gasteiger partial charge on any atom is 0.258 e. The van der Waals surface area contributed by atoms with E-state index in [2.05, 4.69) is 10.6 Å². The first-order valence-corrected chi connectivity index (χ1v) is 14.7. The van der Waals surface area contributed by atoms with E-state index in [1.807, 2.05) is 12.1 Å². The number of rotatable bonds is 5. The van der Waals surface area contributed by atoms with Crippen molar-refractivity contribution in [2.45, 2.75) is 50.8 Å². The van der Waals surface area contributed by atoms with Crippen LogP contribution in [-0.4, -0.2) is 85.0 Å². The van der Waals surface area contributed by atoms with E-state index in [-0.39, 0.29) is 49.9 Å². The maximum atomic E-state index is 13.6. The molecule has 11 nitrogen and oxygen atoms in total. The number of carbonyl (C=O) groups excluding carboxylic acids is 4. The number of nitrogens with zero attached hydrogens (tertiary/aromatic N) is 2. The van der Waals surface area contributed by atoms with Crippen molar-refractivity contribution in [2.24, 2.45) is 5.92 Å². The van der Waals surface area contributed by atoms with Crippen LogP contribution in [0.4, 0.5) is 0 Å². The normalized spacial score (nSPS) is 22.8. The predicted molar refractivity (Wildman–Crippen MR) is 151 cm³/mol. The molecule has 222 valence electrons. The van der Waals surface area contributed by atoms with Gasteiger partial charge in [0.15, 0.2) is 6.61 Å². The summed E-state index contributed by atoms with van der Waals surface area (Å²) in [6, 6.07) is 11.7. The van der Waals surface area contributed by atoms with E-state index < -0.39 is 12.1 Å². The summed E-state index contributed by atoms with van der Waals surface area (Å²) in [4.78, 5) is 54.9. The van der Waals surface area contributed by atoms with Crippen molar-refractivity contribution in [3.8, 4) is 17.2 Å². The number of ether oxygens (including phenoxy) is 3. The number of benzene rings is 2. The van der Waals surface area contributed by atoms with Crippen molar-refractivity contribution in [3.05, 3.63) is 53.6 Å². The van der Waals surface area contributed by atoms with Crippen LogP contribution in [0.5, 0.6) is 17.2 Å². The molecule has 2 aromatic rings. The van der Waals surface area contributed by atoms with Crippen LogP contribution in [0, 0.1) is 5.92 Å². The summed E-state index contributed by atoms with van der Waals surface area (Å²) in [7, 11) is 0. The minimum absolute atomic E-state index is 0.00213. The molecule has 3 fully saturated rings. The molecule has 2 atom stereocenters. The van der Waals surface area contributed by atoms with Gasteiger partial charge in [0.05, 0.1) is 25.7 Å². The van der Waals surface area contributed by atoms with Gasteiger partial charge in [0.25, 0.3) is 11.8 Å². The van der Waals surface area contributed by atoms with Gasteiger partial charge >= 0.3 is 0 Å². The Hall–Kier alpha value is -4.28. The number of hydrogen-bond acceptors (Lipinski definition) is 7. The fourth-order valence-corrected chi connectivity index (χ4v) is 5.41. The highest BCUT2D eigenvalue weighted by atomic mass is 16.5. The largest absolute Gasteiger partial charge is 0.493 e. The first-order chi connectivity index (χ1) is 20.4. The molecule has 7 rings (SSSR count). The van der Waals surface area contributed by atoms with E-state index in [1.54, 1.807) is 40.1 Å². The van der Waals surface area contributed by atoms with Crippen molar-refractivity contribution in [2.75, 3.05) is 39.4 Å². The monoisotopic (exact) mass is 576 g/mol. The number of nitrogens with one attached hydrogen (secondary N) is 2. The third-order valence-corrected chi connectivity index (χ3v) is 8.08. The highest BCUT2D eigenvalue weighted by Gasteiger charge is 2.39. The van der Waals surface area contributed by atoms with Gasteiger partial charge in [-0.2, -0.15) is 0 Å². The second-order valence-corrected chi connectivity index (χ2v) is 11.5. The average molecular weight is 577 g/mol. The summed E-state index contributed by atoms with van der Waals surface area (Å²) in [6.07, 6.45) is 3.93. The van der Waals surface area contributed by atoms with Crippen LogP contribution in [0.3, 0.4) is 0 Å². The van der Waals surface area contributed by atoms with E-state index in [9.17, 15) is 19.2 Å². The Kier molecular flexibility index (Phi) is 8.16. The van der Waals surface area contributed by atoms with Crippen LogP contribution in [0.25, 0.3) is 0 Å². The standard InChI is InChI=1S/C31H36N4O7/c36-28-19-41-25-12-22(11-24(13-25)40-18-21-4-5-21)31(39)33-26-15-35(30(38)17-34-10-2-1-3-29(34)37)16-27(26)42-23-8-6-20(7-9-23)14-32-28/h6-9,11-13,21,26-27H,1-5,10,14-19H2,(H,32,36)(H,33,39)/t26-,27-/m0/s1. The SMILES string of the molecule is O=C1COc2cc(OCC3CC3)cc(c2)C(=O)N[C@H]2CN(C(=O)CN3CCCCC3=O)C[C@@H]2Oc2ccc(cc2)CN1. The van der Waals surface area contributed by atoms with Crippen molar-refractivity contribution >= 4 is 23.6 Å². The smallest absolute Gasteiger partial charge is 0.258 e. The van der Waals surface area contributed by atoms with Gasteiger partial charge in [0.2, 0.25) is 11.8 Å². The molecule has 0 unspecified atom stereocenters. The Morgan fingerprint density at radius 3 is 2.62 bits per heavy atom. The molecule has 5 aliphatic rings. The predicted octanol–water partition coefficient (Wildman–Crippen LogP) is 1.88. The molecule has 4 heterocycles. The third kappa shape index (κ3) is 6.95. The van der Waals surface area contributed by atoms with E-state index >= 15 is 0 Å². The number of piperidine rings is 1. The summed E-state index contributed by atoms with van der Waals surface area (Å²) in [5.74, 6) is 1.09. The quantitative estimate of drug-likeness (QED) is 0.557. The number of likely N-dealkylation sites (tertiary alicyclic amines) is 2. The maximum absolute atomic E-state index is 13.6. The Balaban J connectivity index is 1.24. The van der Waals surface area contributed by atoms with Gasteiger partial charge in [-0.15, -0.1) is 0 Å². The molecule has 1 saturated carbocycles. The summed E-state index contributed by atoms with van der Waals surface area (Å²) in [5.41, 5.74) is 1.20. The molecular formula is C31H36N4O7. The number of carbonyl (C=O) groups is 4. The topological polar surface area (TPSA) is 127 Å². The second-order valence-electron chi connectivity index (χ2n) is 11.5. The van der Waals surface area contributed by atoms with Gasteiger partial charge < -0.3 is 34.6 Å². The molecule has 4 aliphatic heterocycles. The lowest BCUT2D eigenvalue weighted by Crippen LogP contribution is -2.46. The molecule has 0 spiro atoms. The highest BCUT2D eigenvalue weighted by Crippen LogP contribution is 2.31. The minimum atomic E-state index is -0.513. The van der Waals surface area contributed by atoms with Crippen LogP contribution < -0.4 is 24.8 Å². The van der Waals surface area contributed by atoms with Crippen molar-refractivity contribution < 1.29 is 33.4 Å². The van der Waals surface area contributed by atoms with Crippen molar-refractivity contribution in [3.63, 3.8) is 0 Å². The van der Waals surface area contributed by atoms with Crippen LogP contribution in [0.1, 0.15) is 48.0 Å². The van der Waals surface area contributed by atoms with Gasteiger partial charge in [-0.25, -0.2) is 0 Å². The Morgan fingerprint density at radius 2 is 1.83 bits per heavy atom. The zero-order valence-corrected chi connectivity index (χ0v) is 23.5. The summed E-state index contributed by atoms with van der Waals surface area (Å²) in [5, 5.41) is 5.89. The average Bonchev–Trinajstić information content (AvgIpc) is 3.75. The number of fused-ring (bicyclic) bond motifs is 7. The van der Waals surface area contributed by atoms with Crippen LogP contribution in [0.2, 0.25) is 0 Å². The zero-order chi connectivity index (χ0) is 29.1. The molecule has 1 aliphatic carbocycles. The molecule has 0 aromatic heterocycles. The molecule has 4 amide bonds. The summed E-state index contributed by atoms with van der Waals surface area (Å²) < 4.78 is 18.0. The lowest BCUT2D eigenvalue weighted by atomic mass is 10.1. The van der Waals surface area contributed by atoms with E-state index in [4.69, 9.17) is 14.2 Å². The van der Waals surface area contributed by atoms with Crippen molar-refractivity contribution in [1.82, 2.24) is 20.4 Å².